The van der Waals surface area contributed by atoms with E-state index in [1.54, 1.807) is 6.08 Å². The molecule has 3 heteroatoms. The molecule has 0 radical (unpaired) electrons. The van der Waals surface area contributed by atoms with Crippen molar-refractivity contribution in [1.29, 1.82) is 0 Å². The average molecular weight is 314 g/mol. The molecule has 0 aliphatic heterocycles. The van der Waals surface area contributed by atoms with E-state index >= 15 is 0 Å². The van der Waals surface area contributed by atoms with Gasteiger partial charge in [0, 0.05) is 16.3 Å². The first-order valence-corrected chi connectivity index (χ1v) is 9.36. The highest BCUT2D eigenvalue weighted by molar-refractivity contribution is 7.79. The van der Waals surface area contributed by atoms with Crippen LogP contribution in [0.25, 0.3) is 0 Å². The number of hydrogen-bond donors (Lipinski definition) is 1. The predicted octanol–water partition coefficient (Wildman–Crippen LogP) is 3.57. The van der Waals surface area contributed by atoms with Crippen molar-refractivity contribution in [1.82, 2.24) is 0 Å². The highest BCUT2D eigenvalue weighted by Gasteiger charge is 2.36. The van der Waals surface area contributed by atoms with E-state index in [2.05, 4.69) is 13.8 Å². The van der Waals surface area contributed by atoms with Gasteiger partial charge in [-0.2, -0.15) is 0 Å². The normalized spacial score (nSPS) is 13.6. The van der Waals surface area contributed by atoms with Crippen LogP contribution in [-0.4, -0.2) is 17.4 Å². The van der Waals surface area contributed by atoms with Crippen molar-refractivity contribution in [2.45, 2.75) is 19.5 Å². The van der Waals surface area contributed by atoms with E-state index in [0.717, 1.165) is 10.6 Å². The summed E-state index contributed by atoms with van der Waals surface area (Å²) in [5.41, 5.74) is -0.135. The van der Waals surface area contributed by atoms with Crippen molar-refractivity contribution < 1.29 is 9.67 Å². The topological polar surface area (TPSA) is 37.3 Å². The largest absolute Gasteiger partial charge is 0.392 e. The maximum Gasteiger partial charge on any atom is 0.150 e. The van der Waals surface area contributed by atoms with Crippen LogP contribution in [0.3, 0.4) is 0 Å². The number of aliphatic hydroxyl groups excluding tert-OH is 1. The molecule has 2 nitrogen and oxygen atoms in total. The zero-order chi connectivity index (χ0) is 16.0. The van der Waals surface area contributed by atoms with E-state index in [0.29, 0.717) is 0 Å². The molecule has 0 spiro atoms. The first-order chi connectivity index (χ1) is 10.6. The quantitative estimate of drug-likeness (QED) is 0.654. The van der Waals surface area contributed by atoms with Gasteiger partial charge in [0.1, 0.15) is 7.14 Å². The molecule has 2 aromatic rings. The molecule has 0 aromatic heterocycles. The molecule has 0 amide bonds. The van der Waals surface area contributed by atoms with Crippen LogP contribution >= 0.6 is 7.14 Å². The van der Waals surface area contributed by atoms with E-state index in [1.807, 2.05) is 66.7 Å². The summed E-state index contributed by atoms with van der Waals surface area (Å²) >= 11 is 0. The van der Waals surface area contributed by atoms with Crippen LogP contribution in [0.2, 0.25) is 0 Å². The fraction of sp³-hybridized carbons (Fsp3) is 0.263. The Morgan fingerprint density at radius 2 is 1.41 bits per heavy atom. The van der Waals surface area contributed by atoms with Gasteiger partial charge >= 0.3 is 0 Å². The van der Waals surface area contributed by atoms with Crippen LogP contribution in [-0.2, 0) is 4.57 Å². The number of aliphatic hydroxyl groups is 1. The van der Waals surface area contributed by atoms with Crippen LogP contribution < -0.4 is 10.6 Å². The highest BCUT2D eigenvalue weighted by atomic mass is 31.2. The lowest BCUT2D eigenvalue weighted by molar-refractivity contribution is 0.342. The van der Waals surface area contributed by atoms with Crippen LogP contribution in [0.4, 0.5) is 0 Å². The standard InChI is InChI=1S/C19H23O2P/c1-16(2)19(14-9-15-20)22(21,17-10-5-3-6-11-17)18-12-7-4-8-13-18/h3-14,16,19-20H,15H2,1-2H3/b14-9+/t19-/m1/s1. The summed E-state index contributed by atoms with van der Waals surface area (Å²) in [5, 5.41) is 10.9. The van der Waals surface area contributed by atoms with Crippen molar-refractivity contribution in [3.63, 3.8) is 0 Å². The van der Waals surface area contributed by atoms with Gasteiger partial charge in [0.05, 0.1) is 6.61 Å². The Kier molecular flexibility index (Phi) is 5.76. The average Bonchev–Trinajstić information content (AvgIpc) is 2.56. The summed E-state index contributed by atoms with van der Waals surface area (Å²) in [6.07, 6.45) is 3.61. The summed E-state index contributed by atoms with van der Waals surface area (Å²) in [4.78, 5) is 0. The molecule has 1 N–H and O–H groups in total. The van der Waals surface area contributed by atoms with Gasteiger partial charge in [-0.15, -0.1) is 0 Å². The van der Waals surface area contributed by atoms with Gasteiger partial charge in [-0.25, -0.2) is 0 Å². The molecular weight excluding hydrogens is 291 g/mol. The fourth-order valence-corrected chi connectivity index (χ4v) is 6.18. The summed E-state index contributed by atoms with van der Waals surface area (Å²) in [6, 6.07) is 19.4. The summed E-state index contributed by atoms with van der Waals surface area (Å²) in [5.74, 6) is 0.203. The lowest BCUT2D eigenvalue weighted by atomic mass is 10.1. The van der Waals surface area contributed by atoms with Crippen molar-refractivity contribution >= 4 is 17.8 Å². The zero-order valence-electron chi connectivity index (χ0n) is 13.1. The molecule has 1 atom stereocenters. The minimum atomic E-state index is -2.82. The maximum atomic E-state index is 14.1. The molecule has 116 valence electrons. The Hall–Kier alpha value is -1.63. The third-order valence-electron chi connectivity index (χ3n) is 3.82. The molecule has 0 fully saturated rings. The monoisotopic (exact) mass is 314 g/mol. The van der Waals surface area contributed by atoms with E-state index in [-0.39, 0.29) is 18.2 Å². The van der Waals surface area contributed by atoms with Crippen LogP contribution in [0, 0.1) is 5.92 Å². The summed E-state index contributed by atoms with van der Waals surface area (Å²) in [7, 11) is -2.82. The van der Waals surface area contributed by atoms with Gasteiger partial charge < -0.3 is 9.67 Å². The van der Waals surface area contributed by atoms with Crippen LogP contribution in [0.15, 0.2) is 72.8 Å². The number of allylic oxidation sites excluding steroid dienone is 1. The lowest BCUT2D eigenvalue weighted by Crippen LogP contribution is -2.28. The Morgan fingerprint density at radius 3 is 1.77 bits per heavy atom. The minimum absolute atomic E-state index is 0.0349. The second-order valence-electron chi connectivity index (χ2n) is 5.67. The minimum Gasteiger partial charge on any atom is -0.392 e. The first-order valence-electron chi connectivity index (χ1n) is 7.59. The maximum absolute atomic E-state index is 14.1. The molecule has 0 aliphatic rings. The Balaban J connectivity index is 2.65. The molecule has 2 rings (SSSR count). The second-order valence-corrected chi connectivity index (χ2v) is 8.62. The van der Waals surface area contributed by atoms with Gasteiger partial charge in [-0.1, -0.05) is 86.7 Å². The van der Waals surface area contributed by atoms with Gasteiger partial charge in [-0.3, -0.25) is 0 Å². The van der Waals surface area contributed by atoms with Gasteiger partial charge in [0.25, 0.3) is 0 Å². The second kappa shape index (κ2) is 7.58. The molecular formula is C19H23O2P. The van der Waals surface area contributed by atoms with Gasteiger partial charge in [0.15, 0.2) is 0 Å². The Labute approximate surface area is 132 Å². The molecule has 22 heavy (non-hydrogen) atoms. The van der Waals surface area contributed by atoms with Crippen LogP contribution in [0.1, 0.15) is 13.8 Å². The van der Waals surface area contributed by atoms with E-state index in [1.165, 1.54) is 0 Å². The van der Waals surface area contributed by atoms with Gasteiger partial charge in [-0.05, 0) is 5.92 Å². The third-order valence-corrected chi connectivity index (χ3v) is 7.56. The molecule has 2 aromatic carbocycles. The molecule has 0 unspecified atom stereocenters. The lowest BCUT2D eigenvalue weighted by Gasteiger charge is -2.29. The van der Waals surface area contributed by atoms with Crippen molar-refractivity contribution in [3.8, 4) is 0 Å². The zero-order valence-corrected chi connectivity index (χ0v) is 14.0. The van der Waals surface area contributed by atoms with Gasteiger partial charge in [0.2, 0.25) is 0 Å². The van der Waals surface area contributed by atoms with E-state index in [9.17, 15) is 4.57 Å². The van der Waals surface area contributed by atoms with Crippen molar-refractivity contribution in [2.75, 3.05) is 6.61 Å². The molecule has 0 heterocycles. The fourth-order valence-electron chi connectivity index (χ4n) is 2.76. The van der Waals surface area contributed by atoms with Crippen LogP contribution in [0.5, 0.6) is 0 Å². The third kappa shape index (κ3) is 3.40. The Bertz CT molecular complexity index is 604. The summed E-state index contributed by atoms with van der Waals surface area (Å²) in [6.45, 7) is 4.11. The summed E-state index contributed by atoms with van der Waals surface area (Å²) < 4.78 is 14.1. The number of rotatable bonds is 6. The number of hydrogen-bond acceptors (Lipinski definition) is 2. The predicted molar refractivity (Wildman–Crippen MR) is 94.6 cm³/mol. The molecule has 0 saturated heterocycles. The first kappa shape index (κ1) is 16.7. The highest BCUT2D eigenvalue weighted by Crippen LogP contribution is 2.51. The molecule has 0 saturated carbocycles. The van der Waals surface area contributed by atoms with Crippen molar-refractivity contribution in [3.05, 3.63) is 72.8 Å². The number of benzene rings is 2. The van der Waals surface area contributed by atoms with Crippen molar-refractivity contribution in [2.24, 2.45) is 5.92 Å². The molecule has 0 aliphatic carbocycles. The Morgan fingerprint density at radius 1 is 0.955 bits per heavy atom. The van der Waals surface area contributed by atoms with E-state index < -0.39 is 7.14 Å². The smallest absolute Gasteiger partial charge is 0.150 e. The van der Waals surface area contributed by atoms with E-state index in [4.69, 9.17) is 5.11 Å². The SMILES string of the molecule is CC(C)[C@@H](/C=C/CO)P(=O)(c1ccccc1)c1ccccc1. The molecule has 0 bridgehead atoms.